The van der Waals surface area contributed by atoms with Crippen LogP contribution in [0.5, 0.6) is 0 Å². The van der Waals surface area contributed by atoms with Gasteiger partial charge in [0.1, 0.15) is 0 Å². The summed E-state index contributed by atoms with van der Waals surface area (Å²) in [5, 5.41) is 2.04. The van der Waals surface area contributed by atoms with E-state index in [-0.39, 0.29) is 6.04 Å². The number of hydrogen-bond donors (Lipinski definition) is 1. The molecule has 0 aliphatic carbocycles. The number of thiophene rings is 1. The van der Waals surface area contributed by atoms with E-state index in [9.17, 15) is 0 Å². The van der Waals surface area contributed by atoms with Crippen LogP contribution in [-0.4, -0.2) is 13.2 Å². The van der Waals surface area contributed by atoms with Crippen molar-refractivity contribution >= 4 is 27.3 Å². The average molecular weight is 264 g/mol. The van der Waals surface area contributed by atoms with Gasteiger partial charge in [0.2, 0.25) is 0 Å². The minimum absolute atomic E-state index is 0.0165. The van der Waals surface area contributed by atoms with Crippen LogP contribution < -0.4 is 5.73 Å². The summed E-state index contributed by atoms with van der Waals surface area (Å²) in [6.07, 6.45) is 1.04. The molecule has 0 spiro atoms. The molecule has 2 nitrogen and oxygen atoms in total. The second-order valence-electron chi connectivity index (χ2n) is 2.85. The summed E-state index contributed by atoms with van der Waals surface area (Å²) in [7, 11) is 0. The van der Waals surface area contributed by atoms with Gasteiger partial charge in [0.25, 0.3) is 0 Å². The molecular formula is C9H14BrNOS. The van der Waals surface area contributed by atoms with Crippen LogP contribution in [0.3, 0.4) is 0 Å². The van der Waals surface area contributed by atoms with Crippen molar-refractivity contribution in [3.05, 3.63) is 20.8 Å². The first-order valence-electron chi connectivity index (χ1n) is 4.31. The van der Waals surface area contributed by atoms with Crippen molar-refractivity contribution in [1.82, 2.24) is 0 Å². The van der Waals surface area contributed by atoms with Gasteiger partial charge in [-0.2, -0.15) is 0 Å². The van der Waals surface area contributed by atoms with Crippen LogP contribution in [0.15, 0.2) is 15.9 Å². The van der Waals surface area contributed by atoms with E-state index < -0.39 is 0 Å². The molecule has 0 aromatic carbocycles. The number of halogens is 1. The lowest BCUT2D eigenvalue weighted by Gasteiger charge is -2.09. The molecule has 0 saturated carbocycles. The topological polar surface area (TPSA) is 35.2 Å². The van der Waals surface area contributed by atoms with Crippen LogP contribution in [0.2, 0.25) is 0 Å². The Morgan fingerprint density at radius 3 is 3.00 bits per heavy atom. The maximum absolute atomic E-state index is 5.91. The molecule has 0 fully saturated rings. The number of nitrogens with two attached hydrogens (primary N) is 1. The normalized spacial score (nSPS) is 13.2. The molecule has 0 aliphatic rings. The fourth-order valence-electron chi connectivity index (χ4n) is 0.959. The quantitative estimate of drug-likeness (QED) is 0.830. The van der Waals surface area contributed by atoms with Gasteiger partial charge >= 0.3 is 0 Å². The molecule has 4 heteroatoms. The summed E-state index contributed by atoms with van der Waals surface area (Å²) in [4.78, 5) is 1.17. The second kappa shape index (κ2) is 5.75. The average Bonchev–Trinajstić information content (AvgIpc) is 2.52. The third kappa shape index (κ3) is 3.77. The van der Waals surface area contributed by atoms with Crippen molar-refractivity contribution in [2.24, 2.45) is 5.73 Å². The largest absolute Gasteiger partial charge is 0.379 e. The molecule has 1 rings (SSSR count). The van der Waals surface area contributed by atoms with Crippen LogP contribution in [0.1, 0.15) is 24.3 Å². The molecule has 0 aliphatic heterocycles. The Hall–Kier alpha value is 0.1000. The highest BCUT2D eigenvalue weighted by Crippen LogP contribution is 2.24. The number of hydrogen-bond acceptors (Lipinski definition) is 3. The van der Waals surface area contributed by atoms with Gasteiger partial charge in [0.05, 0.1) is 12.6 Å². The molecule has 1 heterocycles. The van der Waals surface area contributed by atoms with Crippen LogP contribution in [0.4, 0.5) is 0 Å². The van der Waals surface area contributed by atoms with Crippen molar-refractivity contribution in [1.29, 1.82) is 0 Å². The minimum Gasteiger partial charge on any atom is -0.379 e. The number of ether oxygens (including phenoxy) is 1. The highest BCUT2D eigenvalue weighted by molar-refractivity contribution is 9.10. The van der Waals surface area contributed by atoms with Gasteiger partial charge in [0.15, 0.2) is 0 Å². The van der Waals surface area contributed by atoms with Crippen molar-refractivity contribution in [2.75, 3.05) is 13.2 Å². The second-order valence-corrected chi connectivity index (χ2v) is 4.71. The molecule has 0 saturated heterocycles. The van der Waals surface area contributed by atoms with Gasteiger partial charge in [-0.05, 0) is 28.4 Å². The van der Waals surface area contributed by atoms with Crippen LogP contribution >= 0.6 is 27.3 Å². The fourth-order valence-corrected chi connectivity index (χ4v) is 2.39. The summed E-state index contributed by atoms with van der Waals surface area (Å²) in [6, 6.07) is 2.06. The molecule has 1 aromatic heterocycles. The van der Waals surface area contributed by atoms with E-state index in [4.69, 9.17) is 10.5 Å². The maximum atomic E-state index is 5.91. The molecule has 2 N–H and O–H groups in total. The van der Waals surface area contributed by atoms with E-state index in [0.717, 1.165) is 17.5 Å². The maximum Gasteiger partial charge on any atom is 0.0667 e. The molecule has 0 bridgehead atoms. The van der Waals surface area contributed by atoms with Crippen molar-refractivity contribution in [3.63, 3.8) is 0 Å². The third-order valence-corrected chi connectivity index (χ3v) is 3.42. The standard InChI is InChI=1S/C9H14BrNOS/c1-2-3-12-5-8(11)9-4-7(10)6-13-9/h4,6,8H,2-3,5,11H2,1H3. The zero-order valence-electron chi connectivity index (χ0n) is 7.63. The van der Waals surface area contributed by atoms with E-state index in [1.54, 1.807) is 11.3 Å². The summed E-state index contributed by atoms with van der Waals surface area (Å²) in [6.45, 7) is 3.49. The van der Waals surface area contributed by atoms with Crippen LogP contribution in [-0.2, 0) is 4.74 Å². The highest BCUT2D eigenvalue weighted by atomic mass is 79.9. The van der Waals surface area contributed by atoms with Crippen molar-refractivity contribution in [2.45, 2.75) is 19.4 Å². The number of rotatable bonds is 5. The smallest absolute Gasteiger partial charge is 0.0667 e. The predicted octanol–water partition coefficient (Wildman–Crippen LogP) is 2.94. The highest BCUT2D eigenvalue weighted by Gasteiger charge is 2.07. The Morgan fingerprint density at radius 2 is 2.46 bits per heavy atom. The lowest BCUT2D eigenvalue weighted by atomic mass is 10.3. The first kappa shape index (κ1) is 11.2. The van der Waals surface area contributed by atoms with Gasteiger partial charge in [0, 0.05) is 21.3 Å². The summed E-state index contributed by atoms with van der Waals surface area (Å²) < 4.78 is 6.47. The monoisotopic (exact) mass is 263 g/mol. The van der Waals surface area contributed by atoms with E-state index in [1.165, 1.54) is 4.88 Å². The zero-order chi connectivity index (χ0) is 9.68. The first-order valence-corrected chi connectivity index (χ1v) is 5.98. The predicted molar refractivity (Wildman–Crippen MR) is 60.1 cm³/mol. The Labute approximate surface area is 91.2 Å². The minimum atomic E-state index is 0.0165. The van der Waals surface area contributed by atoms with Gasteiger partial charge in [-0.15, -0.1) is 11.3 Å². The third-order valence-electron chi connectivity index (χ3n) is 1.60. The molecule has 1 unspecified atom stereocenters. The fraction of sp³-hybridized carbons (Fsp3) is 0.556. The van der Waals surface area contributed by atoms with E-state index in [0.29, 0.717) is 6.61 Å². The van der Waals surface area contributed by atoms with E-state index in [1.807, 2.05) is 11.4 Å². The van der Waals surface area contributed by atoms with Crippen LogP contribution in [0, 0.1) is 0 Å². The van der Waals surface area contributed by atoms with Gasteiger partial charge in [-0.25, -0.2) is 0 Å². The Morgan fingerprint density at radius 1 is 1.69 bits per heavy atom. The molecule has 0 radical (unpaired) electrons. The molecule has 74 valence electrons. The summed E-state index contributed by atoms with van der Waals surface area (Å²) in [5.41, 5.74) is 5.91. The Kier molecular flexibility index (Phi) is 4.94. The van der Waals surface area contributed by atoms with Crippen molar-refractivity contribution < 1.29 is 4.74 Å². The van der Waals surface area contributed by atoms with E-state index in [2.05, 4.69) is 22.9 Å². The van der Waals surface area contributed by atoms with Gasteiger partial charge < -0.3 is 10.5 Å². The Bertz CT molecular complexity index is 252. The zero-order valence-corrected chi connectivity index (χ0v) is 10.0. The lowest BCUT2D eigenvalue weighted by molar-refractivity contribution is 0.122. The lowest BCUT2D eigenvalue weighted by Crippen LogP contribution is -2.16. The summed E-state index contributed by atoms with van der Waals surface area (Å²) >= 11 is 5.06. The molecule has 1 aromatic rings. The van der Waals surface area contributed by atoms with Gasteiger partial charge in [-0.1, -0.05) is 6.92 Å². The van der Waals surface area contributed by atoms with Gasteiger partial charge in [-0.3, -0.25) is 0 Å². The molecule has 1 atom stereocenters. The molecule has 0 amide bonds. The SMILES string of the molecule is CCCOCC(N)c1cc(Br)cs1. The molecular weight excluding hydrogens is 250 g/mol. The summed E-state index contributed by atoms with van der Waals surface area (Å²) in [5.74, 6) is 0. The van der Waals surface area contributed by atoms with E-state index >= 15 is 0 Å². The first-order chi connectivity index (χ1) is 6.24. The van der Waals surface area contributed by atoms with Crippen LogP contribution in [0.25, 0.3) is 0 Å². The van der Waals surface area contributed by atoms with Crippen molar-refractivity contribution in [3.8, 4) is 0 Å². The molecule has 13 heavy (non-hydrogen) atoms. The Balaban J connectivity index is 2.35.